The maximum Gasteiger partial charge on any atom is 0.336 e. The van der Waals surface area contributed by atoms with Crippen LogP contribution in [0.1, 0.15) is 38.7 Å². The van der Waals surface area contributed by atoms with Crippen LogP contribution in [0.25, 0.3) is 0 Å². The van der Waals surface area contributed by atoms with E-state index in [1.807, 2.05) is 19.0 Å². The van der Waals surface area contributed by atoms with Gasteiger partial charge in [-0.15, -0.1) is 0 Å². The lowest BCUT2D eigenvalue weighted by molar-refractivity contribution is -0.385. The number of carbonyl (C=O) groups is 2. The lowest BCUT2D eigenvalue weighted by atomic mass is 9.79. The summed E-state index contributed by atoms with van der Waals surface area (Å²) >= 11 is 0. The summed E-state index contributed by atoms with van der Waals surface area (Å²) in [7, 11) is 3.80. The van der Waals surface area contributed by atoms with E-state index in [0.29, 0.717) is 24.4 Å². The normalized spacial score (nSPS) is 16.3. The summed E-state index contributed by atoms with van der Waals surface area (Å²) < 4.78 is 10.5. The summed E-state index contributed by atoms with van der Waals surface area (Å²) in [5.41, 5.74) is 1.46. The quantitative estimate of drug-likeness (QED) is 0.361. The number of nitrogens with zero attached hydrogens (tertiary/aromatic N) is 2. The van der Waals surface area contributed by atoms with Crippen LogP contribution in [-0.4, -0.2) is 55.6 Å². The summed E-state index contributed by atoms with van der Waals surface area (Å²) in [5, 5.41) is 14.9. The van der Waals surface area contributed by atoms with Crippen molar-refractivity contribution in [1.29, 1.82) is 0 Å². The maximum atomic E-state index is 13.1. The molecule has 1 unspecified atom stereocenters. The molecule has 0 amide bonds. The summed E-state index contributed by atoms with van der Waals surface area (Å²) in [6.45, 7) is 5.94. The number of dihydropyridines is 1. The van der Waals surface area contributed by atoms with Gasteiger partial charge in [0.1, 0.15) is 0 Å². The summed E-state index contributed by atoms with van der Waals surface area (Å²) in [5.74, 6) is -2.25. The second-order valence-corrected chi connectivity index (χ2v) is 7.30. The van der Waals surface area contributed by atoms with E-state index in [-0.39, 0.29) is 35.6 Å². The molecule has 1 aliphatic rings. The minimum atomic E-state index is -0.988. The van der Waals surface area contributed by atoms with Crippen LogP contribution in [0.3, 0.4) is 0 Å². The van der Waals surface area contributed by atoms with Gasteiger partial charge < -0.3 is 19.7 Å². The van der Waals surface area contributed by atoms with Crippen LogP contribution in [0.4, 0.5) is 5.69 Å². The molecule has 1 aliphatic heterocycles. The standard InChI is InChI=1S/C22H29N3O6/c1-6-30-21(26)18-14(3)23-16(12-13-24(4)5)20(22(27)31-7-2)19(18)15-10-8-9-11-17(15)25(28)29/h8-11,19,23H,6-7,12-13H2,1-5H3. The van der Waals surface area contributed by atoms with Gasteiger partial charge in [0.25, 0.3) is 5.69 Å². The van der Waals surface area contributed by atoms with Crippen molar-refractivity contribution in [2.45, 2.75) is 33.1 Å². The van der Waals surface area contributed by atoms with Gasteiger partial charge in [-0.2, -0.15) is 0 Å². The van der Waals surface area contributed by atoms with Gasteiger partial charge in [-0.25, -0.2) is 9.59 Å². The Morgan fingerprint density at radius 3 is 2.23 bits per heavy atom. The fraction of sp³-hybridized carbons (Fsp3) is 0.455. The van der Waals surface area contributed by atoms with Crippen molar-refractivity contribution >= 4 is 17.6 Å². The Morgan fingerprint density at radius 2 is 1.68 bits per heavy atom. The van der Waals surface area contributed by atoms with E-state index >= 15 is 0 Å². The molecule has 1 heterocycles. The molecule has 0 spiro atoms. The number of hydrogen-bond acceptors (Lipinski definition) is 8. The molecule has 0 fully saturated rings. The number of nitro groups is 1. The number of allylic oxidation sites excluding steroid dienone is 1. The number of benzene rings is 1. The Hall–Kier alpha value is -3.20. The van der Waals surface area contributed by atoms with Gasteiger partial charge in [0.05, 0.1) is 35.2 Å². The molecule has 168 valence electrons. The van der Waals surface area contributed by atoms with E-state index in [2.05, 4.69) is 5.32 Å². The zero-order valence-corrected chi connectivity index (χ0v) is 18.6. The summed E-state index contributed by atoms with van der Waals surface area (Å²) in [6, 6.07) is 6.11. The zero-order chi connectivity index (χ0) is 23.1. The van der Waals surface area contributed by atoms with Crippen LogP contribution in [0.5, 0.6) is 0 Å². The third-order valence-corrected chi connectivity index (χ3v) is 4.89. The van der Waals surface area contributed by atoms with Crippen LogP contribution in [0, 0.1) is 10.1 Å². The van der Waals surface area contributed by atoms with Crippen molar-refractivity contribution in [2.75, 3.05) is 33.9 Å². The first-order valence-corrected chi connectivity index (χ1v) is 10.2. The number of nitro benzene ring substituents is 1. The Balaban J connectivity index is 2.79. The molecule has 9 nitrogen and oxygen atoms in total. The number of nitrogens with one attached hydrogen (secondary N) is 1. The molecule has 0 saturated carbocycles. The predicted molar refractivity (Wildman–Crippen MR) is 115 cm³/mol. The van der Waals surface area contributed by atoms with Crippen molar-refractivity contribution in [3.63, 3.8) is 0 Å². The van der Waals surface area contributed by atoms with Gasteiger partial charge in [-0.3, -0.25) is 10.1 Å². The number of rotatable bonds is 9. The highest BCUT2D eigenvalue weighted by molar-refractivity contribution is 6.00. The molecule has 1 aromatic carbocycles. The monoisotopic (exact) mass is 431 g/mol. The van der Waals surface area contributed by atoms with Crippen LogP contribution in [0.15, 0.2) is 46.8 Å². The third kappa shape index (κ3) is 5.49. The molecule has 0 aromatic heterocycles. The number of hydrogen-bond donors (Lipinski definition) is 1. The minimum absolute atomic E-state index is 0.129. The molecular weight excluding hydrogens is 402 g/mol. The maximum absolute atomic E-state index is 13.1. The minimum Gasteiger partial charge on any atom is -0.463 e. The Bertz CT molecular complexity index is 920. The van der Waals surface area contributed by atoms with Crippen LogP contribution in [0.2, 0.25) is 0 Å². The van der Waals surface area contributed by atoms with Gasteiger partial charge in [0.2, 0.25) is 0 Å². The van der Waals surface area contributed by atoms with Crippen molar-refractivity contribution in [3.8, 4) is 0 Å². The predicted octanol–water partition coefficient (Wildman–Crippen LogP) is 2.89. The lowest BCUT2D eigenvalue weighted by Crippen LogP contribution is -2.34. The van der Waals surface area contributed by atoms with Gasteiger partial charge in [-0.1, -0.05) is 18.2 Å². The molecule has 9 heteroatoms. The largest absolute Gasteiger partial charge is 0.463 e. The summed E-state index contributed by atoms with van der Waals surface area (Å²) in [4.78, 5) is 39.2. The molecule has 31 heavy (non-hydrogen) atoms. The second kappa shape index (κ2) is 10.7. The highest BCUT2D eigenvalue weighted by atomic mass is 16.6. The van der Waals surface area contributed by atoms with E-state index in [1.54, 1.807) is 39.0 Å². The van der Waals surface area contributed by atoms with Gasteiger partial charge in [-0.05, 0) is 34.9 Å². The molecule has 0 radical (unpaired) electrons. The molecule has 1 aromatic rings. The molecule has 0 bridgehead atoms. The van der Waals surface area contributed by atoms with Gasteiger partial charge >= 0.3 is 11.9 Å². The molecule has 1 atom stereocenters. The number of esters is 2. The van der Waals surface area contributed by atoms with Crippen LogP contribution in [-0.2, 0) is 19.1 Å². The Labute approximate surface area is 181 Å². The topological polar surface area (TPSA) is 111 Å². The van der Waals surface area contributed by atoms with E-state index in [9.17, 15) is 19.7 Å². The number of carbonyl (C=O) groups excluding carboxylic acids is 2. The van der Waals surface area contributed by atoms with Crippen LogP contribution < -0.4 is 5.32 Å². The first-order chi connectivity index (χ1) is 14.7. The summed E-state index contributed by atoms with van der Waals surface area (Å²) in [6.07, 6.45) is 0.464. The Kier molecular flexibility index (Phi) is 8.32. The van der Waals surface area contributed by atoms with Crippen molar-refractivity contribution < 1.29 is 24.0 Å². The van der Waals surface area contributed by atoms with E-state index in [1.165, 1.54) is 6.07 Å². The Morgan fingerprint density at radius 1 is 1.10 bits per heavy atom. The van der Waals surface area contributed by atoms with Crippen molar-refractivity contribution in [1.82, 2.24) is 10.2 Å². The second-order valence-electron chi connectivity index (χ2n) is 7.30. The van der Waals surface area contributed by atoms with Crippen molar-refractivity contribution in [2.24, 2.45) is 0 Å². The fourth-order valence-electron chi connectivity index (χ4n) is 3.57. The van der Waals surface area contributed by atoms with Crippen LogP contribution >= 0.6 is 0 Å². The number of para-hydroxylation sites is 1. The highest BCUT2D eigenvalue weighted by Crippen LogP contribution is 2.43. The average Bonchev–Trinajstić information content (AvgIpc) is 2.71. The highest BCUT2D eigenvalue weighted by Gasteiger charge is 2.41. The molecule has 1 N–H and O–H groups in total. The zero-order valence-electron chi connectivity index (χ0n) is 18.6. The molecular formula is C22H29N3O6. The SMILES string of the molecule is CCOC(=O)C1=C(C)NC(CCN(C)C)=C(C(=O)OCC)C1c1ccccc1[N+](=O)[O-]. The number of ether oxygens (including phenoxy) is 2. The van der Waals surface area contributed by atoms with Crippen molar-refractivity contribution in [3.05, 3.63) is 62.5 Å². The smallest absolute Gasteiger partial charge is 0.336 e. The van der Waals surface area contributed by atoms with Gasteiger partial charge in [0, 0.05) is 36.0 Å². The fourth-order valence-corrected chi connectivity index (χ4v) is 3.57. The molecule has 0 aliphatic carbocycles. The van der Waals surface area contributed by atoms with E-state index in [0.717, 1.165) is 0 Å². The average molecular weight is 431 g/mol. The first-order valence-electron chi connectivity index (χ1n) is 10.2. The lowest BCUT2D eigenvalue weighted by Gasteiger charge is -2.31. The molecule has 0 saturated heterocycles. The first kappa shape index (κ1) is 24.1. The van der Waals surface area contributed by atoms with E-state index < -0.39 is 22.8 Å². The van der Waals surface area contributed by atoms with E-state index in [4.69, 9.17) is 9.47 Å². The molecule has 2 rings (SSSR count). The third-order valence-electron chi connectivity index (χ3n) is 4.89. The van der Waals surface area contributed by atoms with Gasteiger partial charge in [0.15, 0.2) is 0 Å².